The minimum atomic E-state index is -3.52. The predicted octanol–water partition coefficient (Wildman–Crippen LogP) is 3.64. The molecule has 1 fully saturated rings. The van der Waals surface area contributed by atoms with Crippen molar-refractivity contribution in [1.82, 2.24) is 15.4 Å². The van der Waals surface area contributed by atoms with Crippen LogP contribution in [0.5, 0.6) is 0 Å². The van der Waals surface area contributed by atoms with E-state index in [-0.39, 0.29) is 35.0 Å². The Morgan fingerprint density at radius 1 is 1.19 bits per heavy atom. The van der Waals surface area contributed by atoms with E-state index in [2.05, 4.69) is 41.1 Å². The van der Waals surface area contributed by atoms with E-state index >= 15 is 0 Å². The van der Waals surface area contributed by atoms with Crippen LogP contribution in [0.25, 0.3) is 0 Å². The molecule has 7 nitrogen and oxygen atoms in total. The maximum atomic E-state index is 12.5. The highest BCUT2D eigenvalue weighted by Gasteiger charge is 2.20. The number of halogens is 1. The van der Waals surface area contributed by atoms with Crippen LogP contribution in [0.15, 0.2) is 34.2 Å². The molecule has 1 aliphatic rings. The summed E-state index contributed by atoms with van der Waals surface area (Å²) in [6.07, 6.45) is 5.40. The summed E-state index contributed by atoms with van der Waals surface area (Å²) in [5.41, 5.74) is 0.989. The van der Waals surface area contributed by atoms with Crippen molar-refractivity contribution in [2.24, 2.45) is 10.9 Å². The van der Waals surface area contributed by atoms with Crippen molar-refractivity contribution < 1.29 is 13.2 Å². The van der Waals surface area contributed by atoms with Crippen LogP contribution in [-0.4, -0.2) is 46.7 Å². The topological polar surface area (TPSA) is 91.8 Å². The lowest BCUT2D eigenvalue weighted by atomic mass is 10.0. The quantitative estimate of drug-likeness (QED) is 0.216. The molecule has 1 saturated heterocycles. The molecule has 2 atom stereocenters. The second kappa shape index (κ2) is 14.3. The summed E-state index contributed by atoms with van der Waals surface area (Å²) < 4.78 is 33.0. The lowest BCUT2D eigenvalue weighted by molar-refractivity contribution is 0.114. The predicted molar refractivity (Wildman–Crippen MR) is 138 cm³/mol. The molecule has 0 bridgehead atoms. The average Bonchev–Trinajstić information content (AvgIpc) is 3.23. The van der Waals surface area contributed by atoms with Gasteiger partial charge in [0.2, 0.25) is 10.0 Å². The minimum absolute atomic E-state index is 0. The number of hydrogen-bond donors (Lipinski definition) is 3. The number of nitrogens with one attached hydrogen (secondary N) is 3. The van der Waals surface area contributed by atoms with Crippen molar-refractivity contribution in [1.29, 1.82) is 0 Å². The van der Waals surface area contributed by atoms with Gasteiger partial charge in [0.1, 0.15) is 0 Å². The third-order valence-electron chi connectivity index (χ3n) is 5.24. The molecule has 0 saturated carbocycles. The van der Waals surface area contributed by atoms with Gasteiger partial charge in [0, 0.05) is 32.8 Å². The lowest BCUT2D eigenvalue weighted by Crippen LogP contribution is -2.41. The summed E-state index contributed by atoms with van der Waals surface area (Å²) >= 11 is 0. The minimum Gasteiger partial charge on any atom is -0.377 e. The van der Waals surface area contributed by atoms with Crippen molar-refractivity contribution in [3.8, 4) is 0 Å². The van der Waals surface area contributed by atoms with Crippen LogP contribution in [0.1, 0.15) is 58.4 Å². The number of ether oxygens (including phenoxy) is 1. The van der Waals surface area contributed by atoms with E-state index in [1.165, 1.54) is 12.8 Å². The summed E-state index contributed by atoms with van der Waals surface area (Å²) in [6, 6.07) is 7.27. The molecule has 178 valence electrons. The van der Waals surface area contributed by atoms with Gasteiger partial charge in [-0.05, 0) is 49.8 Å². The zero-order valence-corrected chi connectivity index (χ0v) is 22.3. The van der Waals surface area contributed by atoms with E-state index in [9.17, 15) is 8.42 Å². The third kappa shape index (κ3) is 10.5. The normalized spacial score (nSPS) is 18.0. The number of benzene rings is 1. The van der Waals surface area contributed by atoms with Crippen LogP contribution < -0.4 is 15.4 Å². The van der Waals surface area contributed by atoms with Crippen LogP contribution in [-0.2, 0) is 21.3 Å². The van der Waals surface area contributed by atoms with Crippen molar-refractivity contribution >= 4 is 40.0 Å². The highest BCUT2D eigenvalue weighted by atomic mass is 127. The van der Waals surface area contributed by atoms with Gasteiger partial charge in [-0.2, -0.15) is 0 Å². The van der Waals surface area contributed by atoms with E-state index in [1.807, 2.05) is 12.1 Å². The molecule has 1 aromatic carbocycles. The average molecular weight is 567 g/mol. The van der Waals surface area contributed by atoms with Crippen LogP contribution in [0, 0.1) is 5.92 Å². The van der Waals surface area contributed by atoms with Gasteiger partial charge < -0.3 is 15.4 Å². The Kier molecular flexibility index (Phi) is 13.0. The third-order valence-corrected chi connectivity index (χ3v) is 6.68. The summed E-state index contributed by atoms with van der Waals surface area (Å²) in [6.45, 7) is 8.26. The largest absolute Gasteiger partial charge is 0.377 e. The van der Waals surface area contributed by atoms with E-state index in [4.69, 9.17) is 4.74 Å². The Balaban J connectivity index is 0.00000480. The van der Waals surface area contributed by atoms with E-state index < -0.39 is 10.0 Å². The number of hydrogen-bond acceptors (Lipinski definition) is 4. The molecule has 2 rings (SSSR count). The Labute approximate surface area is 205 Å². The van der Waals surface area contributed by atoms with Crippen LogP contribution >= 0.6 is 24.0 Å². The van der Waals surface area contributed by atoms with Gasteiger partial charge in [-0.3, -0.25) is 4.99 Å². The van der Waals surface area contributed by atoms with Crippen molar-refractivity contribution in [3.63, 3.8) is 0 Å². The van der Waals surface area contributed by atoms with Crippen LogP contribution in [0.2, 0.25) is 0 Å². The first-order valence-electron chi connectivity index (χ1n) is 11.0. The van der Waals surface area contributed by atoms with E-state index in [1.54, 1.807) is 19.2 Å². The molecule has 0 amide bonds. The number of aliphatic imine (C=N–C) groups is 1. The zero-order chi connectivity index (χ0) is 22.0. The van der Waals surface area contributed by atoms with Gasteiger partial charge in [-0.25, -0.2) is 13.1 Å². The molecule has 0 radical (unpaired) electrons. The van der Waals surface area contributed by atoms with Crippen LogP contribution in [0.4, 0.5) is 0 Å². The first-order chi connectivity index (χ1) is 14.3. The van der Waals surface area contributed by atoms with Crippen molar-refractivity contribution in [2.75, 3.05) is 20.2 Å². The maximum absolute atomic E-state index is 12.5. The van der Waals surface area contributed by atoms with Gasteiger partial charge >= 0.3 is 0 Å². The Morgan fingerprint density at radius 2 is 1.90 bits per heavy atom. The molecule has 0 spiro atoms. The smallest absolute Gasteiger partial charge is 0.240 e. The number of sulfonamides is 1. The van der Waals surface area contributed by atoms with Gasteiger partial charge in [0.05, 0.1) is 11.0 Å². The number of rotatable bonds is 11. The first kappa shape index (κ1) is 28.1. The van der Waals surface area contributed by atoms with Crippen molar-refractivity contribution in [3.05, 3.63) is 29.8 Å². The number of nitrogens with zero attached hydrogens (tertiary/aromatic N) is 1. The van der Waals surface area contributed by atoms with Crippen LogP contribution in [0.3, 0.4) is 0 Å². The summed E-state index contributed by atoms with van der Waals surface area (Å²) in [5.74, 6) is 1.48. The summed E-state index contributed by atoms with van der Waals surface area (Å²) in [5, 5.41) is 6.70. The van der Waals surface area contributed by atoms with E-state index in [0.29, 0.717) is 25.7 Å². The molecular formula is C22H39IN4O3S. The summed E-state index contributed by atoms with van der Waals surface area (Å²) in [7, 11) is -1.76. The second-order valence-corrected chi connectivity index (χ2v) is 10.2. The standard InChI is InChI=1S/C22H38N4O3S.HI/c1-17(2)7-5-8-18(3)26-22(23-4)24-15-19-10-12-21(13-11-19)30(27,28)25-16-20-9-6-14-29-20;/h10-13,17-18,20,25H,5-9,14-16H2,1-4H3,(H2,23,24,26);1H. The molecule has 1 aromatic rings. The van der Waals surface area contributed by atoms with Gasteiger partial charge in [-0.15, -0.1) is 24.0 Å². The monoisotopic (exact) mass is 566 g/mol. The maximum Gasteiger partial charge on any atom is 0.240 e. The molecule has 0 aromatic heterocycles. The van der Waals surface area contributed by atoms with Gasteiger partial charge in [0.15, 0.2) is 5.96 Å². The first-order valence-corrected chi connectivity index (χ1v) is 12.5. The molecule has 3 N–H and O–H groups in total. The SMILES string of the molecule is CN=C(NCc1ccc(S(=O)(=O)NCC2CCCO2)cc1)NC(C)CCCC(C)C.I. The molecule has 1 aliphatic heterocycles. The molecule has 31 heavy (non-hydrogen) atoms. The Hall–Kier alpha value is -0.910. The molecular weight excluding hydrogens is 527 g/mol. The molecule has 2 unspecified atom stereocenters. The fourth-order valence-electron chi connectivity index (χ4n) is 3.40. The fraction of sp³-hybridized carbons (Fsp3) is 0.682. The Bertz CT molecular complexity index is 763. The van der Waals surface area contributed by atoms with Gasteiger partial charge in [0.25, 0.3) is 0 Å². The lowest BCUT2D eigenvalue weighted by Gasteiger charge is -2.18. The fourth-order valence-corrected chi connectivity index (χ4v) is 4.46. The second-order valence-electron chi connectivity index (χ2n) is 8.43. The molecule has 9 heteroatoms. The highest BCUT2D eigenvalue weighted by Crippen LogP contribution is 2.14. The highest BCUT2D eigenvalue weighted by molar-refractivity contribution is 14.0. The van der Waals surface area contributed by atoms with E-state index in [0.717, 1.165) is 36.7 Å². The Morgan fingerprint density at radius 3 is 2.48 bits per heavy atom. The van der Waals surface area contributed by atoms with Crippen molar-refractivity contribution in [2.45, 2.75) is 76.5 Å². The number of guanidine groups is 1. The zero-order valence-electron chi connectivity index (χ0n) is 19.2. The molecule has 0 aliphatic carbocycles. The summed E-state index contributed by atoms with van der Waals surface area (Å²) in [4.78, 5) is 4.55. The van der Waals surface area contributed by atoms with Gasteiger partial charge in [-0.1, -0.05) is 38.8 Å². The molecule has 1 heterocycles.